The van der Waals surface area contributed by atoms with Gasteiger partial charge in [0.1, 0.15) is 5.76 Å². The molecule has 0 spiro atoms. The lowest BCUT2D eigenvalue weighted by Gasteiger charge is -2.05. The molecule has 0 aliphatic rings. The van der Waals surface area contributed by atoms with Crippen LogP contribution in [0.2, 0.25) is 10.0 Å². The maximum Gasteiger partial charge on any atom is 0.305 e. The van der Waals surface area contributed by atoms with E-state index in [4.69, 9.17) is 27.6 Å². The molecular weight excluding hydrogens is 363 g/mol. The molecule has 1 heterocycles. The largest absolute Gasteiger partial charge is 0.451 e. The second-order valence-electron chi connectivity index (χ2n) is 5.07. The van der Waals surface area contributed by atoms with Crippen molar-refractivity contribution in [2.24, 2.45) is 0 Å². The van der Waals surface area contributed by atoms with Gasteiger partial charge in [-0.1, -0.05) is 41.4 Å². The van der Waals surface area contributed by atoms with Crippen molar-refractivity contribution >= 4 is 35.0 Å². The highest BCUT2D eigenvalue weighted by Crippen LogP contribution is 2.29. The predicted octanol–water partition coefficient (Wildman–Crippen LogP) is 4.33. The highest BCUT2D eigenvalue weighted by Gasteiger charge is 2.14. The lowest BCUT2D eigenvalue weighted by atomic mass is 10.2. The molecule has 126 valence electrons. The minimum atomic E-state index is -0.574. The zero-order chi connectivity index (χ0) is 17.8. The number of rotatable bonds is 3. The van der Waals surface area contributed by atoms with Crippen molar-refractivity contribution in [2.45, 2.75) is 0 Å². The maximum absolute atomic E-state index is 12.1. The predicted molar refractivity (Wildman–Crippen MR) is 95.5 cm³/mol. The van der Waals surface area contributed by atoms with Crippen LogP contribution in [-0.2, 0) is 0 Å². The first-order valence-corrected chi connectivity index (χ1v) is 8.01. The second kappa shape index (κ2) is 7.42. The smallest absolute Gasteiger partial charge is 0.305 e. The molecule has 5 nitrogen and oxygen atoms in total. The third-order valence-electron chi connectivity index (χ3n) is 3.36. The lowest BCUT2D eigenvalue weighted by Crippen LogP contribution is -2.41. The van der Waals surface area contributed by atoms with E-state index in [0.29, 0.717) is 26.9 Å². The van der Waals surface area contributed by atoms with Crippen molar-refractivity contribution in [3.05, 3.63) is 82.0 Å². The van der Waals surface area contributed by atoms with Crippen LogP contribution in [0, 0.1) is 0 Å². The van der Waals surface area contributed by atoms with Crippen LogP contribution in [0.4, 0.5) is 0 Å². The molecule has 0 saturated carbocycles. The average Bonchev–Trinajstić information content (AvgIpc) is 3.12. The summed E-state index contributed by atoms with van der Waals surface area (Å²) in [4.78, 5) is 24.0. The summed E-state index contributed by atoms with van der Waals surface area (Å²) in [6.07, 6.45) is 0. The number of hydrazine groups is 1. The SMILES string of the molecule is O=C(NNC(=O)c1ccc(-c2ccc(Cl)c(Cl)c2)o1)c1ccccc1. The van der Waals surface area contributed by atoms with E-state index >= 15 is 0 Å². The van der Waals surface area contributed by atoms with Gasteiger partial charge in [0.2, 0.25) is 0 Å². The normalized spacial score (nSPS) is 10.3. The van der Waals surface area contributed by atoms with Crippen LogP contribution in [0.1, 0.15) is 20.9 Å². The number of carbonyl (C=O) groups is 2. The Morgan fingerprint density at radius 2 is 1.52 bits per heavy atom. The van der Waals surface area contributed by atoms with Gasteiger partial charge in [-0.05, 0) is 42.5 Å². The fourth-order valence-corrected chi connectivity index (χ4v) is 2.40. The minimum Gasteiger partial charge on any atom is -0.451 e. The Hall–Kier alpha value is -2.76. The summed E-state index contributed by atoms with van der Waals surface area (Å²) in [5.41, 5.74) is 5.74. The van der Waals surface area contributed by atoms with E-state index in [-0.39, 0.29) is 5.76 Å². The van der Waals surface area contributed by atoms with E-state index in [1.54, 1.807) is 54.6 Å². The van der Waals surface area contributed by atoms with Crippen LogP contribution >= 0.6 is 23.2 Å². The molecular formula is C18H12Cl2N2O3. The molecule has 3 rings (SSSR count). The van der Waals surface area contributed by atoms with Crippen LogP contribution in [0.5, 0.6) is 0 Å². The van der Waals surface area contributed by atoms with Gasteiger partial charge in [0.15, 0.2) is 5.76 Å². The number of hydrogen-bond donors (Lipinski definition) is 2. The molecule has 2 aromatic carbocycles. The Labute approximate surface area is 153 Å². The van der Waals surface area contributed by atoms with Crippen molar-refractivity contribution in [2.75, 3.05) is 0 Å². The summed E-state index contributed by atoms with van der Waals surface area (Å²) in [6, 6.07) is 16.7. The summed E-state index contributed by atoms with van der Waals surface area (Å²) >= 11 is 11.9. The zero-order valence-electron chi connectivity index (χ0n) is 12.8. The first kappa shape index (κ1) is 17.1. The lowest BCUT2D eigenvalue weighted by molar-refractivity contribution is 0.0831. The Morgan fingerprint density at radius 3 is 2.24 bits per heavy atom. The van der Waals surface area contributed by atoms with Gasteiger partial charge in [-0.3, -0.25) is 20.4 Å². The molecule has 2 amide bonds. The van der Waals surface area contributed by atoms with Crippen molar-refractivity contribution < 1.29 is 14.0 Å². The number of nitrogens with one attached hydrogen (secondary N) is 2. The van der Waals surface area contributed by atoms with E-state index < -0.39 is 11.8 Å². The molecule has 3 aromatic rings. The number of carbonyl (C=O) groups excluding carboxylic acids is 2. The van der Waals surface area contributed by atoms with Gasteiger partial charge in [-0.2, -0.15) is 0 Å². The molecule has 0 unspecified atom stereocenters. The van der Waals surface area contributed by atoms with E-state index in [0.717, 1.165) is 0 Å². The fourth-order valence-electron chi connectivity index (χ4n) is 2.10. The molecule has 0 aliphatic carbocycles. The van der Waals surface area contributed by atoms with Crippen molar-refractivity contribution in [1.82, 2.24) is 10.9 Å². The van der Waals surface area contributed by atoms with E-state index in [1.165, 1.54) is 6.07 Å². The third-order valence-corrected chi connectivity index (χ3v) is 4.10. The molecule has 0 saturated heterocycles. The minimum absolute atomic E-state index is 0.0504. The van der Waals surface area contributed by atoms with Gasteiger partial charge >= 0.3 is 5.91 Å². The van der Waals surface area contributed by atoms with Gasteiger partial charge in [0.25, 0.3) is 5.91 Å². The highest BCUT2D eigenvalue weighted by molar-refractivity contribution is 6.42. The topological polar surface area (TPSA) is 71.3 Å². The molecule has 7 heteroatoms. The van der Waals surface area contributed by atoms with E-state index in [9.17, 15) is 9.59 Å². The molecule has 0 fully saturated rings. The Balaban J connectivity index is 1.66. The van der Waals surface area contributed by atoms with Gasteiger partial charge in [0.05, 0.1) is 10.0 Å². The van der Waals surface area contributed by atoms with Crippen LogP contribution in [-0.4, -0.2) is 11.8 Å². The van der Waals surface area contributed by atoms with Crippen LogP contribution in [0.15, 0.2) is 65.1 Å². The fraction of sp³-hybridized carbons (Fsp3) is 0. The average molecular weight is 375 g/mol. The zero-order valence-corrected chi connectivity index (χ0v) is 14.3. The van der Waals surface area contributed by atoms with E-state index in [2.05, 4.69) is 10.9 Å². The first-order valence-electron chi connectivity index (χ1n) is 7.25. The highest BCUT2D eigenvalue weighted by atomic mass is 35.5. The number of benzene rings is 2. The molecule has 0 bridgehead atoms. The summed E-state index contributed by atoms with van der Waals surface area (Å²) in [6.45, 7) is 0. The quantitative estimate of drug-likeness (QED) is 0.670. The Kier molecular flexibility index (Phi) is 5.07. The number of amides is 2. The summed E-state index contributed by atoms with van der Waals surface area (Å²) in [7, 11) is 0. The monoisotopic (exact) mass is 374 g/mol. The van der Waals surface area contributed by atoms with Crippen LogP contribution in [0.25, 0.3) is 11.3 Å². The molecule has 0 aliphatic heterocycles. The van der Waals surface area contributed by atoms with E-state index in [1.807, 2.05) is 0 Å². The van der Waals surface area contributed by atoms with Crippen molar-refractivity contribution in [3.63, 3.8) is 0 Å². The molecule has 1 aromatic heterocycles. The molecule has 0 radical (unpaired) electrons. The standard InChI is InChI=1S/C18H12Cl2N2O3/c19-13-7-6-12(10-14(13)20)15-8-9-16(25-15)18(24)22-21-17(23)11-4-2-1-3-5-11/h1-10H,(H,21,23)(H,22,24). The molecule has 0 atom stereocenters. The van der Waals surface area contributed by atoms with Gasteiger partial charge < -0.3 is 4.42 Å². The third kappa shape index (κ3) is 4.02. The van der Waals surface area contributed by atoms with Crippen molar-refractivity contribution in [3.8, 4) is 11.3 Å². The number of halogens is 2. The molecule has 25 heavy (non-hydrogen) atoms. The summed E-state index contributed by atoms with van der Waals surface area (Å²) < 4.78 is 5.50. The maximum atomic E-state index is 12.1. The Bertz CT molecular complexity index is 923. The van der Waals surface area contributed by atoms with Crippen molar-refractivity contribution in [1.29, 1.82) is 0 Å². The Morgan fingerprint density at radius 1 is 0.800 bits per heavy atom. The van der Waals surface area contributed by atoms with Crippen LogP contribution in [0.3, 0.4) is 0 Å². The number of furan rings is 1. The van der Waals surface area contributed by atoms with Gasteiger partial charge in [-0.25, -0.2) is 0 Å². The summed E-state index contributed by atoms with van der Waals surface area (Å²) in [5, 5.41) is 0.815. The van der Waals surface area contributed by atoms with Gasteiger partial charge in [0, 0.05) is 11.1 Å². The second-order valence-corrected chi connectivity index (χ2v) is 5.88. The van der Waals surface area contributed by atoms with Crippen LogP contribution < -0.4 is 10.9 Å². The first-order chi connectivity index (χ1) is 12.0. The molecule has 2 N–H and O–H groups in total. The summed E-state index contributed by atoms with van der Waals surface area (Å²) in [5.74, 6) is -0.492. The number of hydrogen-bond acceptors (Lipinski definition) is 3. The van der Waals surface area contributed by atoms with Gasteiger partial charge in [-0.15, -0.1) is 0 Å².